The average Bonchev–Trinajstić information content (AvgIpc) is 2.81. The highest BCUT2D eigenvalue weighted by molar-refractivity contribution is 7.91. The summed E-state index contributed by atoms with van der Waals surface area (Å²) in [6, 6.07) is 2.09. The van der Waals surface area contributed by atoms with Crippen molar-refractivity contribution in [1.82, 2.24) is 0 Å². The van der Waals surface area contributed by atoms with Crippen molar-refractivity contribution in [3.05, 3.63) is 0 Å². The third-order valence-electron chi connectivity index (χ3n) is 2.94. The molecule has 0 radical (unpaired) electrons. The standard InChI is InChI=1S/C11H19NO2S/c1-10(2)3-8-15(13,14)9-11(4-5-11)6-7-12/h10H,3-6,8-9H2,1-2H3. The Labute approximate surface area is 92.4 Å². The molecule has 1 fully saturated rings. The number of hydrogen-bond acceptors (Lipinski definition) is 3. The minimum absolute atomic E-state index is 0.176. The highest BCUT2D eigenvalue weighted by atomic mass is 32.2. The number of sulfone groups is 1. The van der Waals surface area contributed by atoms with E-state index < -0.39 is 9.84 Å². The predicted octanol–water partition coefficient (Wildman–Crippen LogP) is 2.14. The van der Waals surface area contributed by atoms with Gasteiger partial charge in [-0.05, 0) is 30.6 Å². The van der Waals surface area contributed by atoms with Crippen LogP contribution in [-0.2, 0) is 9.84 Å². The summed E-state index contributed by atoms with van der Waals surface area (Å²) in [5.41, 5.74) is -0.176. The van der Waals surface area contributed by atoms with Crippen molar-refractivity contribution < 1.29 is 8.42 Å². The molecule has 0 aromatic carbocycles. The summed E-state index contributed by atoms with van der Waals surface area (Å²) in [5.74, 6) is 0.920. The molecule has 4 heteroatoms. The predicted molar refractivity (Wildman–Crippen MR) is 60.0 cm³/mol. The Kier molecular flexibility index (Phi) is 3.77. The Morgan fingerprint density at radius 1 is 1.40 bits per heavy atom. The maximum absolute atomic E-state index is 11.8. The maximum Gasteiger partial charge on any atom is 0.150 e. The van der Waals surface area contributed by atoms with E-state index in [0.29, 0.717) is 12.3 Å². The first kappa shape index (κ1) is 12.5. The highest BCUT2D eigenvalue weighted by Gasteiger charge is 2.45. The van der Waals surface area contributed by atoms with Crippen LogP contribution in [0.3, 0.4) is 0 Å². The zero-order valence-corrected chi connectivity index (χ0v) is 10.3. The first-order valence-electron chi connectivity index (χ1n) is 5.47. The lowest BCUT2D eigenvalue weighted by atomic mass is 10.1. The molecule has 0 aromatic heterocycles. The van der Waals surface area contributed by atoms with E-state index in [2.05, 4.69) is 6.07 Å². The molecule has 0 aliphatic heterocycles. The Hall–Kier alpha value is -0.560. The lowest BCUT2D eigenvalue weighted by Crippen LogP contribution is -2.20. The Morgan fingerprint density at radius 3 is 2.40 bits per heavy atom. The van der Waals surface area contributed by atoms with Crippen LogP contribution in [0.4, 0.5) is 0 Å². The SMILES string of the molecule is CC(C)CCS(=O)(=O)CC1(CC#N)CC1. The zero-order chi connectivity index (χ0) is 11.5. The molecule has 86 valence electrons. The van der Waals surface area contributed by atoms with Crippen LogP contribution in [0.2, 0.25) is 0 Å². The topological polar surface area (TPSA) is 57.9 Å². The summed E-state index contributed by atoms with van der Waals surface area (Å²) in [5, 5.41) is 8.61. The van der Waals surface area contributed by atoms with Gasteiger partial charge in [0.05, 0.1) is 17.6 Å². The second-order valence-corrected chi connectivity index (χ2v) is 7.29. The summed E-state index contributed by atoms with van der Waals surface area (Å²) in [6.45, 7) is 4.05. The number of rotatable bonds is 6. The molecule has 0 amide bonds. The second kappa shape index (κ2) is 4.52. The Balaban J connectivity index is 2.47. The van der Waals surface area contributed by atoms with Crippen LogP contribution >= 0.6 is 0 Å². The first-order valence-corrected chi connectivity index (χ1v) is 7.29. The van der Waals surface area contributed by atoms with E-state index in [0.717, 1.165) is 19.3 Å². The van der Waals surface area contributed by atoms with Gasteiger partial charge >= 0.3 is 0 Å². The molecule has 0 heterocycles. The van der Waals surface area contributed by atoms with Gasteiger partial charge in [0.25, 0.3) is 0 Å². The largest absolute Gasteiger partial charge is 0.229 e. The molecule has 0 unspecified atom stereocenters. The molecule has 0 atom stereocenters. The van der Waals surface area contributed by atoms with E-state index in [-0.39, 0.29) is 16.9 Å². The van der Waals surface area contributed by atoms with Crippen LogP contribution in [0.5, 0.6) is 0 Å². The van der Waals surface area contributed by atoms with Crippen LogP contribution < -0.4 is 0 Å². The lowest BCUT2D eigenvalue weighted by Gasteiger charge is -2.12. The molecular weight excluding hydrogens is 210 g/mol. The van der Waals surface area contributed by atoms with Crippen molar-refractivity contribution in [3.63, 3.8) is 0 Å². The number of hydrogen-bond donors (Lipinski definition) is 0. The van der Waals surface area contributed by atoms with Crippen molar-refractivity contribution in [1.29, 1.82) is 5.26 Å². The van der Waals surface area contributed by atoms with Gasteiger partial charge in [-0.3, -0.25) is 0 Å². The molecule has 0 saturated heterocycles. The molecule has 15 heavy (non-hydrogen) atoms. The van der Waals surface area contributed by atoms with Crippen LogP contribution in [0.1, 0.15) is 39.5 Å². The fourth-order valence-electron chi connectivity index (χ4n) is 1.67. The molecule has 1 aliphatic rings. The van der Waals surface area contributed by atoms with Crippen molar-refractivity contribution >= 4 is 9.84 Å². The molecule has 0 aromatic rings. The summed E-state index contributed by atoms with van der Waals surface area (Å²) < 4.78 is 23.5. The minimum Gasteiger partial charge on any atom is -0.229 e. The zero-order valence-electron chi connectivity index (χ0n) is 9.49. The van der Waals surface area contributed by atoms with Crippen molar-refractivity contribution in [2.45, 2.75) is 39.5 Å². The van der Waals surface area contributed by atoms with E-state index in [9.17, 15) is 8.42 Å². The van der Waals surface area contributed by atoms with Crippen molar-refractivity contribution in [2.24, 2.45) is 11.3 Å². The van der Waals surface area contributed by atoms with Gasteiger partial charge in [0.2, 0.25) is 0 Å². The third kappa shape index (κ3) is 4.21. The van der Waals surface area contributed by atoms with E-state index in [1.54, 1.807) is 0 Å². The Morgan fingerprint density at radius 2 is 2.00 bits per heavy atom. The smallest absolute Gasteiger partial charge is 0.150 e. The van der Waals surface area contributed by atoms with E-state index >= 15 is 0 Å². The van der Waals surface area contributed by atoms with Crippen molar-refractivity contribution in [2.75, 3.05) is 11.5 Å². The van der Waals surface area contributed by atoms with Crippen LogP contribution in [0.15, 0.2) is 0 Å². The first-order chi connectivity index (χ1) is 6.89. The normalized spacial score (nSPS) is 18.8. The fourth-order valence-corrected chi connectivity index (χ4v) is 3.97. The molecule has 0 spiro atoms. The number of nitriles is 1. The molecular formula is C11H19NO2S. The van der Waals surface area contributed by atoms with Gasteiger partial charge in [-0.1, -0.05) is 13.8 Å². The van der Waals surface area contributed by atoms with Gasteiger partial charge in [0, 0.05) is 6.42 Å². The van der Waals surface area contributed by atoms with Crippen LogP contribution in [0, 0.1) is 22.7 Å². The molecule has 3 nitrogen and oxygen atoms in total. The summed E-state index contributed by atoms with van der Waals surface area (Å²) >= 11 is 0. The Bertz CT molecular complexity index is 347. The van der Waals surface area contributed by atoms with Gasteiger partial charge in [-0.2, -0.15) is 5.26 Å². The molecule has 1 rings (SSSR count). The van der Waals surface area contributed by atoms with Gasteiger partial charge in [-0.25, -0.2) is 8.42 Å². The van der Waals surface area contributed by atoms with Gasteiger partial charge in [0.1, 0.15) is 0 Å². The summed E-state index contributed by atoms with van der Waals surface area (Å²) in [4.78, 5) is 0. The van der Waals surface area contributed by atoms with E-state index in [1.807, 2.05) is 13.8 Å². The highest BCUT2D eigenvalue weighted by Crippen LogP contribution is 2.49. The van der Waals surface area contributed by atoms with Crippen LogP contribution in [0.25, 0.3) is 0 Å². The van der Waals surface area contributed by atoms with Gasteiger partial charge in [0.15, 0.2) is 9.84 Å². The second-order valence-electron chi connectivity index (χ2n) is 5.11. The fraction of sp³-hybridized carbons (Fsp3) is 0.909. The minimum atomic E-state index is -2.95. The molecule has 0 N–H and O–H groups in total. The number of nitrogens with zero attached hydrogens (tertiary/aromatic N) is 1. The molecule has 0 bridgehead atoms. The third-order valence-corrected chi connectivity index (χ3v) is 4.85. The summed E-state index contributed by atoms with van der Waals surface area (Å²) in [6.07, 6.45) is 2.93. The summed E-state index contributed by atoms with van der Waals surface area (Å²) in [7, 11) is -2.95. The maximum atomic E-state index is 11.8. The van der Waals surface area contributed by atoms with Gasteiger partial charge in [-0.15, -0.1) is 0 Å². The molecule has 1 aliphatic carbocycles. The monoisotopic (exact) mass is 229 g/mol. The van der Waals surface area contributed by atoms with Gasteiger partial charge < -0.3 is 0 Å². The molecule has 1 saturated carbocycles. The quantitative estimate of drug-likeness (QED) is 0.701. The lowest BCUT2D eigenvalue weighted by molar-refractivity contribution is 0.538. The van der Waals surface area contributed by atoms with Crippen molar-refractivity contribution in [3.8, 4) is 6.07 Å². The van der Waals surface area contributed by atoms with E-state index in [1.165, 1.54) is 0 Å². The average molecular weight is 229 g/mol. The van der Waals surface area contributed by atoms with E-state index in [4.69, 9.17) is 5.26 Å². The van der Waals surface area contributed by atoms with Crippen LogP contribution in [-0.4, -0.2) is 19.9 Å².